The Hall–Kier alpha value is -0.850. The van der Waals surface area contributed by atoms with Gasteiger partial charge in [-0.3, -0.25) is 0 Å². The van der Waals surface area contributed by atoms with Crippen molar-refractivity contribution in [2.45, 2.75) is 12.9 Å². The molecule has 0 aromatic heterocycles. The molecule has 0 bridgehead atoms. The molecular formula is C5H11N2O4. The van der Waals surface area contributed by atoms with Crippen molar-refractivity contribution in [3.05, 3.63) is 0 Å². The average Bonchev–Trinajstić information content (AvgIpc) is 2.00. The van der Waals surface area contributed by atoms with Crippen LogP contribution in [-0.2, 0) is 14.3 Å². The summed E-state index contributed by atoms with van der Waals surface area (Å²) >= 11 is 0. The highest BCUT2D eigenvalue weighted by Gasteiger charge is 2.24. The standard InChI is InChI=1S/C5H11N2O4/c1-5(9-2,10-3)11-7-4(6)8/h6H,1-3H3,(H,7,8). The lowest BCUT2D eigenvalue weighted by Gasteiger charge is -2.24. The van der Waals surface area contributed by atoms with Gasteiger partial charge >= 0.3 is 12.0 Å². The predicted molar refractivity (Wildman–Crippen MR) is 35.1 cm³/mol. The van der Waals surface area contributed by atoms with Gasteiger partial charge in [0, 0.05) is 21.1 Å². The first-order valence-electron chi connectivity index (χ1n) is 2.84. The number of amides is 2. The second kappa shape index (κ2) is 4.12. The van der Waals surface area contributed by atoms with Gasteiger partial charge in [0.15, 0.2) is 0 Å². The molecule has 0 rings (SSSR count). The van der Waals surface area contributed by atoms with Crippen molar-refractivity contribution >= 4 is 6.03 Å². The molecular weight excluding hydrogens is 152 g/mol. The van der Waals surface area contributed by atoms with E-state index in [0.717, 1.165) is 0 Å². The van der Waals surface area contributed by atoms with E-state index in [4.69, 9.17) is 15.2 Å². The number of hydroxylamine groups is 1. The zero-order valence-electron chi connectivity index (χ0n) is 6.63. The fraction of sp³-hybridized carbons (Fsp3) is 0.800. The second-order valence-corrected chi connectivity index (χ2v) is 1.80. The van der Waals surface area contributed by atoms with Crippen LogP contribution in [0, 0.1) is 0 Å². The van der Waals surface area contributed by atoms with Crippen LogP contribution < -0.4 is 11.2 Å². The molecule has 65 valence electrons. The minimum atomic E-state index is -1.34. The predicted octanol–water partition coefficient (Wildman–Crippen LogP) is -0.123. The van der Waals surface area contributed by atoms with Gasteiger partial charge in [-0.2, -0.15) is 0 Å². The lowest BCUT2D eigenvalue weighted by molar-refractivity contribution is -0.366. The SMILES string of the molecule is COC(C)(OC)ONC([NH])=O. The third-order valence-corrected chi connectivity index (χ3v) is 1.07. The molecule has 0 atom stereocenters. The van der Waals surface area contributed by atoms with Gasteiger partial charge in [-0.25, -0.2) is 20.8 Å². The number of ether oxygens (including phenoxy) is 2. The van der Waals surface area contributed by atoms with Gasteiger partial charge in [-0.05, 0) is 0 Å². The lowest BCUT2D eigenvalue weighted by Crippen LogP contribution is -2.41. The maximum atomic E-state index is 10.0. The number of urea groups is 1. The average molecular weight is 163 g/mol. The fourth-order valence-corrected chi connectivity index (χ4v) is 0.306. The highest BCUT2D eigenvalue weighted by atomic mass is 16.9. The normalized spacial score (nSPS) is 11.2. The Morgan fingerprint density at radius 2 is 1.91 bits per heavy atom. The van der Waals surface area contributed by atoms with Gasteiger partial charge in [0.1, 0.15) is 0 Å². The molecule has 6 heteroatoms. The first-order chi connectivity index (χ1) is 5.04. The Kier molecular flexibility index (Phi) is 3.80. The zero-order valence-corrected chi connectivity index (χ0v) is 6.63. The van der Waals surface area contributed by atoms with Crippen LogP contribution in [0.15, 0.2) is 0 Å². The highest BCUT2D eigenvalue weighted by Crippen LogP contribution is 2.08. The molecule has 0 aliphatic heterocycles. The number of hydrogen-bond acceptors (Lipinski definition) is 4. The van der Waals surface area contributed by atoms with Crippen molar-refractivity contribution in [3.8, 4) is 0 Å². The molecule has 11 heavy (non-hydrogen) atoms. The van der Waals surface area contributed by atoms with Crippen molar-refractivity contribution in [2.75, 3.05) is 14.2 Å². The Morgan fingerprint density at radius 3 is 2.18 bits per heavy atom. The minimum absolute atomic E-state index is 1.06. The molecule has 0 heterocycles. The van der Waals surface area contributed by atoms with Crippen molar-refractivity contribution in [2.24, 2.45) is 0 Å². The van der Waals surface area contributed by atoms with E-state index in [1.165, 1.54) is 21.1 Å². The summed E-state index contributed by atoms with van der Waals surface area (Å²) in [7, 11) is 2.69. The third kappa shape index (κ3) is 3.76. The quantitative estimate of drug-likeness (QED) is 0.462. The van der Waals surface area contributed by atoms with Crippen molar-refractivity contribution in [1.82, 2.24) is 11.2 Å². The molecule has 0 aromatic carbocycles. The largest absolute Gasteiger partial charge is 0.357 e. The van der Waals surface area contributed by atoms with Gasteiger partial charge in [-0.1, -0.05) is 0 Å². The van der Waals surface area contributed by atoms with E-state index in [1.54, 1.807) is 5.48 Å². The molecule has 6 nitrogen and oxygen atoms in total. The molecule has 2 amide bonds. The number of rotatable bonds is 4. The summed E-state index contributed by atoms with van der Waals surface area (Å²) < 4.78 is 9.39. The molecule has 0 aliphatic carbocycles. The number of nitrogens with one attached hydrogen (secondary N) is 2. The van der Waals surface area contributed by atoms with Crippen LogP contribution >= 0.6 is 0 Å². The summed E-state index contributed by atoms with van der Waals surface area (Å²) in [6.45, 7) is 1.45. The minimum Gasteiger partial charge on any atom is -0.330 e. The van der Waals surface area contributed by atoms with Crippen LogP contribution in [0.1, 0.15) is 6.92 Å². The van der Waals surface area contributed by atoms with E-state index in [1.807, 2.05) is 0 Å². The van der Waals surface area contributed by atoms with E-state index < -0.39 is 12.0 Å². The Morgan fingerprint density at radius 1 is 1.45 bits per heavy atom. The van der Waals surface area contributed by atoms with Gasteiger partial charge in [-0.15, -0.1) is 0 Å². The molecule has 1 radical (unpaired) electrons. The van der Waals surface area contributed by atoms with Gasteiger partial charge in [0.05, 0.1) is 0 Å². The molecule has 0 saturated heterocycles. The smallest absolute Gasteiger partial charge is 0.330 e. The molecule has 2 N–H and O–H groups in total. The van der Waals surface area contributed by atoms with E-state index >= 15 is 0 Å². The Bertz CT molecular complexity index is 134. The first kappa shape index (κ1) is 10.2. The maximum Gasteiger partial charge on any atom is 0.357 e. The topological polar surface area (TPSA) is 80.6 Å². The van der Waals surface area contributed by atoms with Crippen molar-refractivity contribution in [1.29, 1.82) is 0 Å². The fourth-order valence-electron chi connectivity index (χ4n) is 0.306. The summed E-state index contributed by atoms with van der Waals surface area (Å²) in [5, 5.41) is 0. The van der Waals surface area contributed by atoms with Crippen molar-refractivity contribution in [3.63, 3.8) is 0 Å². The molecule has 0 spiro atoms. The van der Waals surface area contributed by atoms with E-state index in [-0.39, 0.29) is 0 Å². The molecule has 0 unspecified atom stereocenters. The van der Waals surface area contributed by atoms with E-state index in [9.17, 15) is 4.79 Å². The lowest BCUT2D eigenvalue weighted by atomic mass is 10.6. The summed E-state index contributed by atoms with van der Waals surface area (Å²) in [4.78, 5) is 14.6. The maximum absolute atomic E-state index is 10.0. The van der Waals surface area contributed by atoms with E-state index in [0.29, 0.717) is 0 Å². The second-order valence-electron chi connectivity index (χ2n) is 1.80. The molecule has 0 aromatic rings. The monoisotopic (exact) mass is 163 g/mol. The summed E-state index contributed by atoms with van der Waals surface area (Å²) in [5.74, 6) is -1.34. The first-order valence-corrected chi connectivity index (χ1v) is 2.84. The van der Waals surface area contributed by atoms with Crippen molar-refractivity contribution < 1.29 is 19.1 Å². The number of methoxy groups -OCH3 is 2. The molecule has 0 saturated carbocycles. The van der Waals surface area contributed by atoms with Crippen LogP contribution in [0.4, 0.5) is 4.79 Å². The van der Waals surface area contributed by atoms with Crippen LogP contribution in [-0.4, -0.2) is 26.2 Å². The van der Waals surface area contributed by atoms with E-state index in [2.05, 4.69) is 4.84 Å². The van der Waals surface area contributed by atoms with Gasteiger partial charge in [0.2, 0.25) is 0 Å². The summed E-state index contributed by atoms with van der Waals surface area (Å²) in [5.41, 5.74) is 8.19. The highest BCUT2D eigenvalue weighted by molar-refractivity contribution is 5.69. The van der Waals surface area contributed by atoms with Crippen LogP contribution in [0.2, 0.25) is 0 Å². The molecule has 0 fully saturated rings. The van der Waals surface area contributed by atoms with Gasteiger partial charge < -0.3 is 9.47 Å². The van der Waals surface area contributed by atoms with Crippen LogP contribution in [0.3, 0.4) is 0 Å². The zero-order chi connectivity index (χ0) is 8.91. The van der Waals surface area contributed by atoms with Crippen LogP contribution in [0.25, 0.3) is 0 Å². The number of hydrogen-bond donors (Lipinski definition) is 1. The van der Waals surface area contributed by atoms with Gasteiger partial charge in [0.25, 0.3) is 0 Å². The molecule has 0 aliphatic rings. The van der Waals surface area contributed by atoms with Crippen LogP contribution in [0.5, 0.6) is 0 Å². The number of carbonyl (C=O) groups excluding carboxylic acids is 1. The summed E-state index contributed by atoms with van der Waals surface area (Å²) in [6.07, 6.45) is 0. The summed E-state index contributed by atoms with van der Waals surface area (Å²) in [6, 6.07) is -1.06. The number of carbonyl (C=O) groups is 1. The Labute approximate surface area is 64.5 Å². The Balaban J connectivity index is 3.78. The third-order valence-electron chi connectivity index (χ3n) is 1.07.